The van der Waals surface area contributed by atoms with Crippen molar-refractivity contribution in [1.82, 2.24) is 10.6 Å². The SMILES string of the molecule is [CH2]C(COC(=O)CCCNC(=O)OC(C)(C)C)OC(=O)CCCNC(=O)OC(C)(C)C.[NaH]. The van der Waals surface area contributed by atoms with Crippen LogP contribution in [-0.2, 0) is 28.5 Å². The molecule has 0 aliphatic rings. The molecule has 0 aliphatic heterocycles. The van der Waals surface area contributed by atoms with Crippen molar-refractivity contribution in [3.05, 3.63) is 6.92 Å². The van der Waals surface area contributed by atoms with Gasteiger partial charge in [-0.15, -0.1) is 0 Å². The summed E-state index contributed by atoms with van der Waals surface area (Å²) in [4.78, 5) is 46.4. The number of esters is 2. The maximum absolute atomic E-state index is 11.7. The second kappa shape index (κ2) is 16.1. The van der Waals surface area contributed by atoms with Gasteiger partial charge in [-0.2, -0.15) is 0 Å². The van der Waals surface area contributed by atoms with Crippen LogP contribution in [0.2, 0.25) is 0 Å². The Bertz CT molecular complexity index is 600. The topological polar surface area (TPSA) is 129 Å². The number of carbonyl (C=O) groups excluding carboxylic acids is 4. The van der Waals surface area contributed by atoms with Gasteiger partial charge in [-0.3, -0.25) is 9.59 Å². The molecule has 0 fully saturated rings. The molecule has 2 amide bonds. The van der Waals surface area contributed by atoms with Crippen molar-refractivity contribution >= 4 is 53.7 Å². The van der Waals surface area contributed by atoms with E-state index in [4.69, 9.17) is 18.9 Å². The van der Waals surface area contributed by atoms with E-state index < -0.39 is 41.4 Å². The summed E-state index contributed by atoms with van der Waals surface area (Å²) in [7, 11) is 0. The van der Waals surface area contributed by atoms with Crippen LogP contribution in [0.15, 0.2) is 0 Å². The standard InChI is InChI=1S/C21H37N2O8.Na.H/c1-15(29-17(25)11-9-13-23-19(27)31-21(5,6)7)14-28-16(24)10-8-12-22-18(26)30-20(2,3)4;;/h15H,1,8-14H2,2-7H3,(H,22,26)(H,23,27);;. The molecule has 1 unspecified atom stereocenters. The van der Waals surface area contributed by atoms with Crippen LogP contribution >= 0.6 is 0 Å². The fraction of sp³-hybridized carbons (Fsp3) is 0.762. The molecule has 0 heterocycles. The Hall–Kier alpha value is -1.52. The van der Waals surface area contributed by atoms with Crippen molar-refractivity contribution in [2.75, 3.05) is 19.7 Å². The van der Waals surface area contributed by atoms with Crippen LogP contribution in [-0.4, -0.2) is 90.7 Å². The van der Waals surface area contributed by atoms with Crippen molar-refractivity contribution in [2.24, 2.45) is 0 Å². The second-order valence-electron chi connectivity index (χ2n) is 8.86. The van der Waals surface area contributed by atoms with Crippen molar-refractivity contribution in [3.8, 4) is 0 Å². The van der Waals surface area contributed by atoms with Gasteiger partial charge < -0.3 is 29.6 Å². The third-order valence-corrected chi connectivity index (χ3v) is 3.18. The molecule has 2 N–H and O–H groups in total. The van der Waals surface area contributed by atoms with Crippen LogP contribution in [0.5, 0.6) is 0 Å². The molecule has 0 saturated heterocycles. The summed E-state index contributed by atoms with van der Waals surface area (Å²) < 4.78 is 20.2. The molecule has 181 valence electrons. The Kier molecular flexibility index (Phi) is 16.5. The van der Waals surface area contributed by atoms with Crippen LogP contribution < -0.4 is 10.6 Å². The minimum absolute atomic E-state index is 0. The number of amides is 2. The van der Waals surface area contributed by atoms with Crippen LogP contribution in [0, 0.1) is 6.92 Å². The Balaban J connectivity index is 0. The third kappa shape index (κ3) is 21.7. The molecule has 0 saturated carbocycles. The summed E-state index contributed by atoms with van der Waals surface area (Å²) in [5.41, 5.74) is -1.17. The van der Waals surface area contributed by atoms with Crippen LogP contribution in [0.3, 0.4) is 0 Å². The number of rotatable bonds is 11. The number of hydrogen-bond acceptors (Lipinski definition) is 8. The first-order chi connectivity index (χ1) is 14.2. The molecule has 11 heteroatoms. The van der Waals surface area contributed by atoms with Gasteiger partial charge in [-0.1, -0.05) is 0 Å². The molecule has 0 rings (SSSR count). The van der Waals surface area contributed by atoms with E-state index in [1.165, 1.54) is 0 Å². The summed E-state index contributed by atoms with van der Waals surface area (Å²) in [6.07, 6.45) is -1.02. The summed E-state index contributed by atoms with van der Waals surface area (Å²) in [6.45, 7) is 14.5. The van der Waals surface area contributed by atoms with Gasteiger partial charge in [0.25, 0.3) is 0 Å². The fourth-order valence-electron chi connectivity index (χ4n) is 2.01. The van der Waals surface area contributed by atoms with E-state index in [0.29, 0.717) is 12.8 Å². The summed E-state index contributed by atoms with van der Waals surface area (Å²) in [6, 6.07) is 0. The Morgan fingerprint density at radius 3 is 1.59 bits per heavy atom. The molecular formula is C21H38N2NaO8. The number of hydrogen-bond donors (Lipinski definition) is 2. The molecule has 1 atom stereocenters. The Morgan fingerprint density at radius 1 is 0.781 bits per heavy atom. The van der Waals surface area contributed by atoms with E-state index in [0.717, 1.165) is 0 Å². The van der Waals surface area contributed by atoms with E-state index in [1.807, 2.05) is 0 Å². The number of alkyl carbamates (subject to hydrolysis) is 2. The Morgan fingerprint density at radius 2 is 1.19 bits per heavy atom. The molecule has 0 aliphatic carbocycles. The number of carbonyl (C=O) groups is 4. The minimum atomic E-state index is -0.838. The number of ether oxygens (including phenoxy) is 4. The molecule has 0 aromatic heterocycles. The quantitative estimate of drug-likeness (QED) is 0.204. The van der Waals surface area contributed by atoms with Gasteiger partial charge in [-0.25, -0.2) is 9.59 Å². The van der Waals surface area contributed by atoms with Gasteiger partial charge in [0.15, 0.2) is 0 Å². The van der Waals surface area contributed by atoms with Gasteiger partial charge in [0.2, 0.25) is 0 Å². The maximum atomic E-state index is 11.7. The van der Waals surface area contributed by atoms with Crippen LogP contribution in [0.25, 0.3) is 0 Å². The van der Waals surface area contributed by atoms with Crippen LogP contribution in [0.1, 0.15) is 67.2 Å². The molecule has 0 aromatic rings. The average Bonchev–Trinajstić information content (AvgIpc) is 2.57. The van der Waals surface area contributed by atoms with E-state index in [-0.39, 0.29) is 62.1 Å². The first-order valence-corrected chi connectivity index (χ1v) is 10.3. The summed E-state index contributed by atoms with van der Waals surface area (Å²) in [5, 5.41) is 5.09. The van der Waals surface area contributed by atoms with Gasteiger partial charge in [0.1, 0.15) is 23.9 Å². The van der Waals surface area contributed by atoms with Gasteiger partial charge in [0.05, 0.1) is 0 Å². The van der Waals surface area contributed by atoms with Crippen LogP contribution in [0.4, 0.5) is 9.59 Å². The van der Waals surface area contributed by atoms with Crippen molar-refractivity contribution in [3.63, 3.8) is 0 Å². The zero-order chi connectivity index (χ0) is 24.1. The normalized spacial score (nSPS) is 12.0. The van der Waals surface area contributed by atoms with Crippen molar-refractivity contribution < 1.29 is 38.1 Å². The van der Waals surface area contributed by atoms with Gasteiger partial charge in [0, 0.05) is 25.9 Å². The first-order valence-electron chi connectivity index (χ1n) is 10.3. The predicted molar refractivity (Wildman–Crippen MR) is 120 cm³/mol. The first kappa shape index (κ1) is 32.7. The zero-order valence-electron chi connectivity index (χ0n) is 19.5. The summed E-state index contributed by atoms with van der Waals surface area (Å²) >= 11 is 0. The predicted octanol–water partition coefficient (Wildman–Crippen LogP) is 2.24. The van der Waals surface area contributed by atoms with Gasteiger partial charge in [-0.05, 0) is 61.3 Å². The molecule has 0 aromatic carbocycles. The molecule has 0 spiro atoms. The average molecular weight is 470 g/mol. The molecular weight excluding hydrogens is 431 g/mol. The van der Waals surface area contributed by atoms with E-state index in [2.05, 4.69) is 17.6 Å². The van der Waals surface area contributed by atoms with Crippen molar-refractivity contribution in [2.45, 2.75) is 84.5 Å². The zero-order valence-corrected chi connectivity index (χ0v) is 19.5. The second-order valence-corrected chi connectivity index (χ2v) is 8.86. The van der Waals surface area contributed by atoms with E-state index in [9.17, 15) is 19.2 Å². The summed E-state index contributed by atoms with van der Waals surface area (Å²) in [5.74, 6) is -0.999. The van der Waals surface area contributed by atoms with E-state index >= 15 is 0 Å². The molecule has 32 heavy (non-hydrogen) atoms. The number of nitrogens with one attached hydrogen (secondary N) is 2. The third-order valence-electron chi connectivity index (χ3n) is 3.18. The van der Waals surface area contributed by atoms with Gasteiger partial charge >= 0.3 is 53.7 Å². The van der Waals surface area contributed by atoms with Crippen molar-refractivity contribution in [1.29, 1.82) is 0 Å². The fourth-order valence-corrected chi connectivity index (χ4v) is 2.01. The molecule has 0 bridgehead atoms. The molecule has 10 nitrogen and oxygen atoms in total. The van der Waals surface area contributed by atoms with E-state index in [1.54, 1.807) is 41.5 Å². The monoisotopic (exact) mass is 469 g/mol. The molecule has 1 radical (unpaired) electrons. The Labute approximate surface area is 213 Å².